The summed E-state index contributed by atoms with van der Waals surface area (Å²) in [6.07, 6.45) is -9.34. The number of nitrogens with zero attached hydrogens (tertiary/aromatic N) is 8. The second kappa shape index (κ2) is 10.7. The first kappa shape index (κ1) is 29.5. The van der Waals surface area contributed by atoms with Crippen LogP contribution in [0.2, 0.25) is 0 Å². The van der Waals surface area contributed by atoms with Gasteiger partial charge < -0.3 is 47.0 Å². The van der Waals surface area contributed by atoms with Crippen LogP contribution in [-0.4, -0.2) is 101 Å². The van der Waals surface area contributed by atoms with Gasteiger partial charge in [0, 0.05) is 0 Å². The SMILES string of the molecule is [B-][P@]1(=O)OC[C@H]2O[C@@H](n3cnc4c(N)ncnc43)[C@H](F)[C@@H]2OP(=O)(O)OC[C@H]2O[C@@H](n3cnc4c(N)ncnc43)[C@H](O1)[C@@H]2F. The van der Waals surface area contributed by atoms with E-state index in [9.17, 15) is 14.0 Å². The largest absolute Gasteiger partial charge is 0.472 e. The molecule has 4 aromatic heterocycles. The molecule has 4 aromatic rings. The summed E-state index contributed by atoms with van der Waals surface area (Å²) >= 11 is 0. The van der Waals surface area contributed by atoms with Gasteiger partial charge in [0.25, 0.3) is 0 Å². The zero-order valence-electron chi connectivity index (χ0n) is 22.0. The molecule has 3 saturated heterocycles. The predicted molar refractivity (Wildman–Crippen MR) is 142 cm³/mol. The number of imidazole rings is 2. The molecule has 7 rings (SSSR count). The molecule has 3 fully saturated rings. The van der Waals surface area contributed by atoms with Crippen LogP contribution in [0, 0.1) is 0 Å². The minimum absolute atomic E-state index is 0.0136. The number of alkyl halides is 2. The van der Waals surface area contributed by atoms with Gasteiger partial charge in [0.2, 0.25) is 0 Å². The van der Waals surface area contributed by atoms with Gasteiger partial charge >= 0.3 is 7.82 Å². The van der Waals surface area contributed by atoms with Crippen LogP contribution < -0.4 is 11.5 Å². The highest BCUT2D eigenvalue weighted by Crippen LogP contribution is 2.54. The van der Waals surface area contributed by atoms with E-state index in [1.54, 1.807) is 0 Å². The quantitative estimate of drug-likeness (QED) is 0.196. The molecule has 2 bridgehead atoms. The topological polar surface area (TPSA) is 249 Å². The molecule has 5 N–H and O–H groups in total. The number of nitrogen functional groups attached to an aromatic ring is 2. The first-order valence-electron chi connectivity index (χ1n) is 12.7. The van der Waals surface area contributed by atoms with Crippen LogP contribution in [0.5, 0.6) is 0 Å². The Bertz CT molecular complexity index is 1840. The highest BCUT2D eigenvalue weighted by atomic mass is 31.2. The zero-order chi connectivity index (χ0) is 31.0. The second-order valence-electron chi connectivity index (χ2n) is 9.92. The van der Waals surface area contributed by atoms with E-state index in [-0.39, 0.29) is 34.0 Å². The average molecular weight is 656 g/mol. The number of fused-ring (bicyclic) bond motifs is 5. The summed E-state index contributed by atoms with van der Waals surface area (Å²) in [6.45, 7) is -1.68. The van der Waals surface area contributed by atoms with Crippen LogP contribution in [-0.2, 0) is 36.7 Å². The third-order valence-electron chi connectivity index (χ3n) is 7.20. The molecule has 3 aliphatic rings. The minimum Gasteiger partial charge on any atom is -0.444 e. The maximum Gasteiger partial charge on any atom is 0.472 e. The Hall–Kier alpha value is -3.20. The first-order chi connectivity index (χ1) is 20.9. The molecule has 24 heteroatoms. The summed E-state index contributed by atoms with van der Waals surface area (Å²) in [5, 5.41) is 0. The predicted octanol–water partition coefficient (Wildman–Crippen LogP) is 0.496. The van der Waals surface area contributed by atoms with E-state index in [0.29, 0.717) is 0 Å². The smallest absolute Gasteiger partial charge is 0.444 e. The normalized spacial score (nSPS) is 38.3. The van der Waals surface area contributed by atoms with E-state index in [4.69, 9.17) is 46.6 Å². The van der Waals surface area contributed by atoms with Gasteiger partial charge in [0.1, 0.15) is 48.1 Å². The lowest BCUT2D eigenvalue weighted by molar-refractivity contribution is -0.0613. The monoisotopic (exact) mass is 656 g/mol. The van der Waals surface area contributed by atoms with Crippen LogP contribution in [0.25, 0.3) is 22.3 Å². The van der Waals surface area contributed by atoms with Gasteiger partial charge in [0.05, 0.1) is 33.3 Å². The number of halogens is 2. The van der Waals surface area contributed by atoms with Crippen LogP contribution >= 0.6 is 15.3 Å². The van der Waals surface area contributed by atoms with Gasteiger partial charge in [0.15, 0.2) is 47.7 Å². The molecule has 0 saturated carbocycles. The van der Waals surface area contributed by atoms with Crippen molar-refractivity contribution in [3.05, 3.63) is 25.3 Å². The van der Waals surface area contributed by atoms with Gasteiger partial charge in [-0.3, -0.25) is 18.2 Å². The standard InChI is InChI=1S/C20H21BF2N10O9P2/c21-43(34)37-2-8-13(10(23)19(40-8)32-5-30-11-15(24)26-3-28-17(11)32)42-44(35,36)38-1-7-9(22)14(41-43)20(39-7)33-6-31-12-16(25)27-4-29-18(12)33/h3-10,13-14,19-20H,1-2H2,(H,35,36)(H2,24,26,28)(H2,25,27,29)/q-1/t7-,8-,9-,10-,13-,14-,19-,20-,43+/m1/s1. The fourth-order valence-corrected chi connectivity index (χ4v) is 7.12. The molecule has 0 aromatic carbocycles. The van der Waals surface area contributed by atoms with Gasteiger partial charge in [-0.1, -0.05) is 0 Å². The maximum absolute atomic E-state index is 15.9. The summed E-state index contributed by atoms with van der Waals surface area (Å²) in [4.78, 5) is 34.4. The van der Waals surface area contributed by atoms with Crippen LogP contribution in [0.15, 0.2) is 25.3 Å². The van der Waals surface area contributed by atoms with E-state index in [1.165, 1.54) is 17.2 Å². The number of nitrogens with two attached hydrogens (primary N) is 2. The minimum atomic E-state index is -5.13. The Balaban J connectivity index is 1.20. The molecule has 19 nitrogen and oxygen atoms in total. The Morgan fingerprint density at radius 2 is 1.36 bits per heavy atom. The number of hydrogen-bond acceptors (Lipinski definition) is 16. The van der Waals surface area contributed by atoms with Crippen molar-refractivity contribution in [2.24, 2.45) is 0 Å². The first-order valence-corrected chi connectivity index (χ1v) is 15.9. The fourth-order valence-electron chi connectivity index (χ4n) is 5.19. The number of hydrogen-bond donors (Lipinski definition) is 3. The van der Waals surface area contributed by atoms with E-state index >= 15 is 8.78 Å². The highest BCUT2D eigenvalue weighted by Gasteiger charge is 2.53. The second-order valence-corrected chi connectivity index (χ2v) is 12.9. The Morgan fingerprint density at radius 1 is 0.795 bits per heavy atom. The van der Waals surface area contributed by atoms with Crippen LogP contribution in [0.3, 0.4) is 0 Å². The number of anilines is 2. The number of phosphoric acid groups is 1. The molecule has 0 amide bonds. The summed E-state index contributed by atoms with van der Waals surface area (Å²) < 4.78 is 92.6. The molecule has 0 spiro atoms. The van der Waals surface area contributed by atoms with Crippen molar-refractivity contribution in [2.75, 3.05) is 24.7 Å². The molecule has 3 aliphatic heterocycles. The van der Waals surface area contributed by atoms with Crippen molar-refractivity contribution in [1.82, 2.24) is 39.0 Å². The van der Waals surface area contributed by atoms with Crippen molar-refractivity contribution in [3.63, 3.8) is 0 Å². The third-order valence-corrected chi connectivity index (χ3v) is 9.23. The molecular formula is C20H21BF2N10O9P2-. The fraction of sp³-hybridized carbons (Fsp3) is 0.500. The number of phosphoric ester groups is 1. The van der Waals surface area contributed by atoms with Crippen molar-refractivity contribution >= 4 is 56.8 Å². The Kier molecular flexibility index (Phi) is 7.18. The molecule has 3 radical (unpaired) electrons. The number of rotatable bonds is 2. The summed E-state index contributed by atoms with van der Waals surface area (Å²) in [6, 6.07) is 0. The summed E-state index contributed by atoms with van der Waals surface area (Å²) in [5.74, 6) is 0.0316. The van der Waals surface area contributed by atoms with Gasteiger partial charge in [-0.15, -0.1) is 0 Å². The summed E-state index contributed by atoms with van der Waals surface area (Å²) in [5.41, 5.74) is 12.1. The molecule has 233 valence electrons. The van der Waals surface area contributed by atoms with Crippen LogP contribution in [0.1, 0.15) is 12.5 Å². The lowest BCUT2D eigenvalue weighted by Crippen LogP contribution is -2.34. The van der Waals surface area contributed by atoms with E-state index in [1.807, 2.05) is 0 Å². The Labute approximate surface area is 245 Å². The van der Waals surface area contributed by atoms with Crippen molar-refractivity contribution < 1.29 is 50.4 Å². The Morgan fingerprint density at radius 3 is 2.00 bits per heavy atom. The number of aromatic nitrogens is 8. The van der Waals surface area contributed by atoms with E-state index < -0.39 is 77.7 Å². The average Bonchev–Trinajstić information content (AvgIpc) is 3.73. The third kappa shape index (κ3) is 5.05. The molecule has 1 unspecified atom stereocenters. The molecule has 44 heavy (non-hydrogen) atoms. The summed E-state index contributed by atoms with van der Waals surface area (Å²) in [7, 11) is -3.96. The van der Waals surface area contributed by atoms with Crippen molar-refractivity contribution in [3.8, 4) is 0 Å². The highest BCUT2D eigenvalue weighted by molar-refractivity contribution is 7.79. The van der Waals surface area contributed by atoms with Crippen molar-refractivity contribution in [1.29, 1.82) is 0 Å². The molecular weight excluding hydrogens is 635 g/mol. The number of ether oxygens (including phenoxy) is 2. The lowest BCUT2D eigenvalue weighted by Gasteiger charge is -2.33. The van der Waals surface area contributed by atoms with Crippen molar-refractivity contribution in [2.45, 2.75) is 49.2 Å². The zero-order valence-corrected chi connectivity index (χ0v) is 23.8. The van der Waals surface area contributed by atoms with Gasteiger partial charge in [-0.2, -0.15) is 0 Å². The molecule has 10 atom stereocenters. The maximum atomic E-state index is 15.9. The van der Waals surface area contributed by atoms with Gasteiger partial charge in [-0.25, -0.2) is 43.2 Å². The van der Waals surface area contributed by atoms with Crippen LogP contribution in [0.4, 0.5) is 20.4 Å². The van der Waals surface area contributed by atoms with E-state index in [0.717, 1.165) is 17.2 Å². The lowest BCUT2D eigenvalue weighted by atomic mass is 10.1. The molecule has 0 aliphatic carbocycles. The van der Waals surface area contributed by atoms with E-state index in [2.05, 4.69) is 29.9 Å². The van der Waals surface area contributed by atoms with Gasteiger partial charge in [-0.05, 0) is 0 Å². The molecule has 7 heterocycles.